The van der Waals surface area contributed by atoms with Crippen molar-refractivity contribution in [1.82, 2.24) is 15.0 Å². The minimum absolute atomic E-state index is 0.630. The van der Waals surface area contributed by atoms with E-state index in [1.54, 1.807) is 0 Å². The molecular formula is C12H22N6. The molecule has 100 valence electrons. The molecule has 0 unspecified atom stereocenters. The maximum absolute atomic E-state index is 4.49. The summed E-state index contributed by atoms with van der Waals surface area (Å²) in [7, 11) is 1.83. The van der Waals surface area contributed by atoms with E-state index in [0.29, 0.717) is 11.9 Å². The van der Waals surface area contributed by atoms with Crippen LogP contribution in [0.2, 0.25) is 0 Å². The molecule has 6 nitrogen and oxygen atoms in total. The topological polar surface area (TPSA) is 66.0 Å². The summed E-state index contributed by atoms with van der Waals surface area (Å²) in [6.45, 7) is 5.16. The van der Waals surface area contributed by atoms with Gasteiger partial charge in [0.25, 0.3) is 0 Å². The summed E-state index contributed by atoms with van der Waals surface area (Å²) in [5.41, 5.74) is 0. The zero-order chi connectivity index (χ0) is 12.8. The summed E-state index contributed by atoms with van der Waals surface area (Å²) in [5.74, 6) is 2.08. The number of nitrogens with zero attached hydrogens (tertiary/aromatic N) is 4. The minimum Gasteiger partial charge on any atom is -0.357 e. The molecule has 1 fully saturated rings. The molecule has 0 bridgehead atoms. The van der Waals surface area contributed by atoms with E-state index in [0.717, 1.165) is 38.4 Å². The van der Waals surface area contributed by atoms with Gasteiger partial charge in [-0.25, -0.2) is 0 Å². The maximum atomic E-state index is 4.49. The van der Waals surface area contributed by atoms with Crippen molar-refractivity contribution in [1.29, 1.82) is 0 Å². The highest BCUT2D eigenvalue weighted by Gasteiger charge is 2.16. The van der Waals surface area contributed by atoms with Gasteiger partial charge < -0.3 is 15.5 Å². The lowest BCUT2D eigenvalue weighted by Gasteiger charge is -2.16. The average Bonchev–Trinajstić information content (AvgIpc) is 2.92. The summed E-state index contributed by atoms with van der Waals surface area (Å²) >= 11 is 0. The van der Waals surface area contributed by atoms with Crippen molar-refractivity contribution in [3.8, 4) is 0 Å². The van der Waals surface area contributed by atoms with E-state index in [1.165, 1.54) is 12.8 Å². The predicted molar refractivity (Wildman–Crippen MR) is 74.2 cm³/mol. The molecule has 0 aliphatic carbocycles. The normalized spacial score (nSPS) is 14.9. The summed E-state index contributed by atoms with van der Waals surface area (Å²) in [6, 6.07) is 0. The summed E-state index contributed by atoms with van der Waals surface area (Å²) in [6.07, 6.45) is 4.73. The Labute approximate surface area is 108 Å². The molecule has 6 heteroatoms. The lowest BCUT2D eigenvalue weighted by Crippen LogP contribution is -2.22. The number of unbranched alkanes of at least 4 members (excludes halogenated alkanes) is 1. The summed E-state index contributed by atoms with van der Waals surface area (Å²) in [4.78, 5) is 15.4. The van der Waals surface area contributed by atoms with Crippen LogP contribution < -0.4 is 15.5 Å². The quantitative estimate of drug-likeness (QED) is 0.750. The van der Waals surface area contributed by atoms with E-state index in [2.05, 4.69) is 37.4 Å². The van der Waals surface area contributed by atoms with Gasteiger partial charge in [0.1, 0.15) is 0 Å². The van der Waals surface area contributed by atoms with Gasteiger partial charge in [0.2, 0.25) is 17.8 Å². The Balaban J connectivity index is 2.10. The largest absolute Gasteiger partial charge is 0.357 e. The maximum Gasteiger partial charge on any atom is 0.231 e. The monoisotopic (exact) mass is 250 g/mol. The van der Waals surface area contributed by atoms with Gasteiger partial charge in [-0.1, -0.05) is 13.3 Å². The minimum atomic E-state index is 0.630. The van der Waals surface area contributed by atoms with E-state index in [9.17, 15) is 0 Å². The van der Waals surface area contributed by atoms with Crippen LogP contribution in [-0.4, -0.2) is 41.6 Å². The first-order valence-corrected chi connectivity index (χ1v) is 6.76. The Kier molecular flexibility index (Phi) is 4.55. The van der Waals surface area contributed by atoms with Crippen LogP contribution in [0.4, 0.5) is 17.8 Å². The van der Waals surface area contributed by atoms with Crippen LogP contribution in [-0.2, 0) is 0 Å². The first kappa shape index (κ1) is 12.9. The fourth-order valence-corrected chi connectivity index (χ4v) is 1.99. The van der Waals surface area contributed by atoms with Gasteiger partial charge in [0.05, 0.1) is 0 Å². The average molecular weight is 250 g/mol. The van der Waals surface area contributed by atoms with Crippen molar-refractivity contribution < 1.29 is 0 Å². The van der Waals surface area contributed by atoms with Gasteiger partial charge in [0, 0.05) is 26.7 Å². The van der Waals surface area contributed by atoms with Crippen molar-refractivity contribution in [3.05, 3.63) is 0 Å². The van der Waals surface area contributed by atoms with E-state index in [4.69, 9.17) is 0 Å². The molecule has 0 radical (unpaired) electrons. The van der Waals surface area contributed by atoms with Crippen LogP contribution in [0.1, 0.15) is 32.6 Å². The van der Waals surface area contributed by atoms with Crippen LogP contribution in [0, 0.1) is 0 Å². The molecule has 18 heavy (non-hydrogen) atoms. The van der Waals surface area contributed by atoms with Crippen LogP contribution in [0.25, 0.3) is 0 Å². The lowest BCUT2D eigenvalue weighted by atomic mass is 10.3. The molecule has 0 spiro atoms. The highest BCUT2D eigenvalue weighted by atomic mass is 15.3. The smallest absolute Gasteiger partial charge is 0.231 e. The second-order valence-corrected chi connectivity index (χ2v) is 4.51. The Morgan fingerprint density at radius 1 is 1.11 bits per heavy atom. The fourth-order valence-electron chi connectivity index (χ4n) is 1.99. The van der Waals surface area contributed by atoms with Gasteiger partial charge in [-0.05, 0) is 19.3 Å². The third-order valence-electron chi connectivity index (χ3n) is 3.05. The molecule has 2 rings (SSSR count). The van der Waals surface area contributed by atoms with Crippen LogP contribution >= 0.6 is 0 Å². The van der Waals surface area contributed by atoms with Gasteiger partial charge in [-0.2, -0.15) is 15.0 Å². The molecule has 1 saturated heterocycles. The fraction of sp³-hybridized carbons (Fsp3) is 0.750. The molecule has 1 aliphatic heterocycles. The van der Waals surface area contributed by atoms with Crippen LogP contribution in [0.3, 0.4) is 0 Å². The first-order valence-electron chi connectivity index (χ1n) is 6.76. The molecule has 0 saturated carbocycles. The SMILES string of the molecule is CCCCNc1nc(NC)nc(N2CCCC2)n1. The Morgan fingerprint density at radius 2 is 1.83 bits per heavy atom. The first-order chi connectivity index (χ1) is 8.83. The van der Waals surface area contributed by atoms with E-state index in [1.807, 2.05) is 7.05 Å². The number of aromatic nitrogens is 3. The van der Waals surface area contributed by atoms with E-state index < -0.39 is 0 Å². The second-order valence-electron chi connectivity index (χ2n) is 4.51. The molecule has 1 aromatic rings. The highest BCUT2D eigenvalue weighted by Crippen LogP contribution is 2.18. The summed E-state index contributed by atoms with van der Waals surface area (Å²) in [5, 5.41) is 6.25. The number of hydrogen-bond donors (Lipinski definition) is 2. The van der Waals surface area contributed by atoms with Gasteiger partial charge >= 0.3 is 0 Å². The van der Waals surface area contributed by atoms with Crippen molar-refractivity contribution in [2.24, 2.45) is 0 Å². The Bertz CT molecular complexity index is 375. The third kappa shape index (κ3) is 3.21. The van der Waals surface area contributed by atoms with Crippen molar-refractivity contribution in [3.63, 3.8) is 0 Å². The molecule has 2 heterocycles. The molecule has 0 atom stereocenters. The zero-order valence-electron chi connectivity index (χ0n) is 11.2. The third-order valence-corrected chi connectivity index (χ3v) is 3.05. The molecular weight excluding hydrogens is 228 g/mol. The number of nitrogens with one attached hydrogen (secondary N) is 2. The van der Waals surface area contributed by atoms with Gasteiger partial charge in [0.15, 0.2) is 0 Å². The van der Waals surface area contributed by atoms with Crippen molar-refractivity contribution in [2.75, 3.05) is 42.2 Å². The molecule has 1 aliphatic rings. The van der Waals surface area contributed by atoms with Gasteiger partial charge in [-0.15, -0.1) is 0 Å². The Hall–Kier alpha value is -1.59. The zero-order valence-corrected chi connectivity index (χ0v) is 11.2. The highest BCUT2D eigenvalue weighted by molar-refractivity contribution is 5.43. The molecule has 0 amide bonds. The number of rotatable bonds is 6. The van der Waals surface area contributed by atoms with E-state index in [-0.39, 0.29) is 0 Å². The lowest BCUT2D eigenvalue weighted by molar-refractivity contribution is 0.819. The van der Waals surface area contributed by atoms with Crippen molar-refractivity contribution >= 4 is 17.8 Å². The van der Waals surface area contributed by atoms with Gasteiger partial charge in [-0.3, -0.25) is 0 Å². The second kappa shape index (κ2) is 6.37. The van der Waals surface area contributed by atoms with Crippen LogP contribution in [0.15, 0.2) is 0 Å². The standard InChI is InChI=1S/C12H22N6/c1-3-4-7-14-11-15-10(13-2)16-12(17-11)18-8-5-6-9-18/h3-9H2,1-2H3,(H2,13,14,15,16,17). The number of anilines is 3. The molecule has 1 aromatic heterocycles. The van der Waals surface area contributed by atoms with Crippen LogP contribution in [0.5, 0.6) is 0 Å². The Morgan fingerprint density at radius 3 is 2.50 bits per heavy atom. The molecule has 0 aromatic carbocycles. The van der Waals surface area contributed by atoms with E-state index >= 15 is 0 Å². The van der Waals surface area contributed by atoms with Crippen molar-refractivity contribution in [2.45, 2.75) is 32.6 Å². The predicted octanol–water partition coefficient (Wildman–Crippen LogP) is 1.73. The number of hydrogen-bond acceptors (Lipinski definition) is 6. The molecule has 2 N–H and O–H groups in total. The summed E-state index contributed by atoms with van der Waals surface area (Å²) < 4.78 is 0.